The van der Waals surface area contributed by atoms with Crippen molar-refractivity contribution in [3.8, 4) is 6.07 Å². The lowest BCUT2D eigenvalue weighted by Gasteiger charge is -2.24. The maximum absolute atomic E-state index is 12.8. The van der Waals surface area contributed by atoms with Gasteiger partial charge >= 0.3 is 6.18 Å². The lowest BCUT2D eigenvalue weighted by atomic mass is 9.94. The molecule has 2 amide bonds. The van der Waals surface area contributed by atoms with Crippen LogP contribution in [0.4, 0.5) is 13.2 Å². The molecule has 1 N–H and O–H groups in total. The van der Waals surface area contributed by atoms with E-state index in [1.54, 1.807) is 18.2 Å². The number of alkyl halides is 3. The average Bonchev–Trinajstić information content (AvgIpc) is 3.29. The highest BCUT2D eigenvalue weighted by molar-refractivity contribution is 5.98. The summed E-state index contributed by atoms with van der Waals surface area (Å²) in [6.07, 6.45) is -1.13. The molecule has 1 saturated heterocycles. The van der Waals surface area contributed by atoms with Crippen LogP contribution in [0.2, 0.25) is 0 Å². The largest absolute Gasteiger partial charge is 0.416 e. The predicted octanol–water partition coefficient (Wildman–Crippen LogP) is 2.38. The van der Waals surface area contributed by atoms with Gasteiger partial charge < -0.3 is 10.2 Å². The summed E-state index contributed by atoms with van der Waals surface area (Å²) in [6, 6.07) is 7.27. The van der Waals surface area contributed by atoms with Crippen molar-refractivity contribution in [2.45, 2.75) is 30.9 Å². The summed E-state index contributed by atoms with van der Waals surface area (Å²) in [4.78, 5) is 27.3. The Balaban J connectivity index is 1.28. The van der Waals surface area contributed by atoms with Gasteiger partial charge in [-0.25, -0.2) is 0 Å². The molecule has 6 nitrogen and oxygen atoms in total. The number of nitrogens with one attached hydrogen (secondary N) is 1. The Labute approximate surface area is 171 Å². The highest BCUT2D eigenvalue weighted by atomic mass is 19.4. The number of halogens is 3. The minimum Gasteiger partial charge on any atom is -0.333 e. The average molecular weight is 418 g/mol. The molecule has 2 fully saturated rings. The van der Waals surface area contributed by atoms with Crippen LogP contribution in [0.1, 0.15) is 30.4 Å². The second-order valence-electron chi connectivity index (χ2n) is 8.15. The van der Waals surface area contributed by atoms with Crippen LogP contribution in [0.25, 0.3) is 0 Å². The molecule has 3 aliphatic rings. The number of rotatable bonds is 5. The number of likely N-dealkylation sites (tertiary alicyclic amines) is 1. The number of amides is 2. The van der Waals surface area contributed by atoms with E-state index in [9.17, 15) is 22.8 Å². The zero-order valence-electron chi connectivity index (χ0n) is 16.2. The molecule has 9 heteroatoms. The van der Waals surface area contributed by atoms with E-state index in [4.69, 9.17) is 5.26 Å². The van der Waals surface area contributed by atoms with Gasteiger partial charge in [-0.1, -0.05) is 12.1 Å². The molecule has 158 valence electrons. The molecule has 1 aromatic rings. The molecule has 2 heterocycles. The minimum absolute atomic E-state index is 0.0598. The van der Waals surface area contributed by atoms with Gasteiger partial charge in [0.2, 0.25) is 5.91 Å². The summed E-state index contributed by atoms with van der Waals surface area (Å²) in [5.74, 6) is -0.195. The monoisotopic (exact) mass is 418 g/mol. The first-order chi connectivity index (χ1) is 14.2. The van der Waals surface area contributed by atoms with Crippen LogP contribution in [0.3, 0.4) is 0 Å². The molecule has 2 atom stereocenters. The number of nitriles is 1. The summed E-state index contributed by atoms with van der Waals surface area (Å²) in [7, 11) is 0. The van der Waals surface area contributed by atoms with Crippen molar-refractivity contribution in [3.05, 3.63) is 47.2 Å². The Hall–Kier alpha value is -2.86. The predicted molar refractivity (Wildman–Crippen MR) is 100 cm³/mol. The molecule has 0 unspecified atom stereocenters. The number of benzene rings is 1. The van der Waals surface area contributed by atoms with Crippen LogP contribution >= 0.6 is 0 Å². The third kappa shape index (κ3) is 3.79. The van der Waals surface area contributed by atoms with Crippen molar-refractivity contribution in [1.82, 2.24) is 15.1 Å². The first-order valence-corrected chi connectivity index (χ1v) is 9.82. The molecule has 1 aromatic carbocycles. The molecule has 1 saturated carbocycles. The number of fused-ring (bicyclic) bond motifs is 1. The highest BCUT2D eigenvalue weighted by Crippen LogP contribution is 2.59. The highest BCUT2D eigenvalue weighted by Gasteiger charge is 2.60. The number of carbonyl (C=O) groups excluding carboxylic acids is 2. The Morgan fingerprint density at radius 2 is 2.03 bits per heavy atom. The molecular weight excluding hydrogens is 397 g/mol. The first kappa shape index (κ1) is 20.4. The number of piperidine rings is 1. The Bertz CT molecular complexity index is 935. The Kier molecular flexibility index (Phi) is 5.06. The molecule has 1 aliphatic carbocycles. The van der Waals surface area contributed by atoms with Gasteiger partial charge in [0, 0.05) is 31.1 Å². The molecule has 4 rings (SSSR count). The van der Waals surface area contributed by atoms with Gasteiger partial charge in [0.25, 0.3) is 5.91 Å². The van der Waals surface area contributed by atoms with E-state index in [-0.39, 0.29) is 23.6 Å². The van der Waals surface area contributed by atoms with Crippen LogP contribution in [-0.2, 0) is 21.2 Å². The van der Waals surface area contributed by atoms with Gasteiger partial charge in [0.1, 0.15) is 11.6 Å². The van der Waals surface area contributed by atoms with Crippen molar-refractivity contribution >= 4 is 11.8 Å². The molecule has 0 aromatic heterocycles. The van der Waals surface area contributed by atoms with Crippen molar-refractivity contribution in [1.29, 1.82) is 5.26 Å². The van der Waals surface area contributed by atoms with Crippen LogP contribution < -0.4 is 5.32 Å². The van der Waals surface area contributed by atoms with Gasteiger partial charge in [-0.3, -0.25) is 14.5 Å². The number of hydrogen-bond donors (Lipinski definition) is 1. The normalized spacial score (nSPS) is 25.9. The summed E-state index contributed by atoms with van der Waals surface area (Å²) in [6.45, 7) is 2.45. The standard InChI is InChI=1S/C21H21F3N4O2/c22-21(23,24)16-5-3-15(4-6-16)20-8-17(20)11-27(12-20)7-1-2-18(29)28-10-14(9-25)19(30)26-13-28/h3-6,10,17H,1-2,7-8,11-13H2,(H,26,30)/t17-,20+/m0/s1. The lowest BCUT2D eigenvalue weighted by Crippen LogP contribution is -2.43. The fourth-order valence-electron chi connectivity index (χ4n) is 4.54. The van der Waals surface area contributed by atoms with Crippen LogP contribution in [0, 0.1) is 17.2 Å². The summed E-state index contributed by atoms with van der Waals surface area (Å²) < 4.78 is 38.4. The van der Waals surface area contributed by atoms with E-state index in [0.717, 1.165) is 43.8 Å². The summed E-state index contributed by atoms with van der Waals surface area (Å²) in [5, 5.41) is 11.4. The van der Waals surface area contributed by atoms with E-state index < -0.39 is 17.6 Å². The zero-order chi connectivity index (χ0) is 21.5. The molecule has 0 bridgehead atoms. The zero-order valence-corrected chi connectivity index (χ0v) is 16.2. The van der Waals surface area contributed by atoms with Crippen LogP contribution in [0.15, 0.2) is 36.0 Å². The number of nitrogens with zero attached hydrogens (tertiary/aromatic N) is 3. The lowest BCUT2D eigenvalue weighted by molar-refractivity contribution is -0.137. The van der Waals surface area contributed by atoms with Crippen molar-refractivity contribution in [2.75, 3.05) is 26.3 Å². The van der Waals surface area contributed by atoms with Crippen LogP contribution in [0.5, 0.6) is 0 Å². The molecule has 0 spiro atoms. The van der Waals surface area contributed by atoms with Gasteiger partial charge in [-0.15, -0.1) is 0 Å². The first-order valence-electron chi connectivity index (χ1n) is 9.82. The molecule has 0 radical (unpaired) electrons. The molecule has 2 aliphatic heterocycles. The topological polar surface area (TPSA) is 76.4 Å². The van der Waals surface area contributed by atoms with E-state index in [1.807, 2.05) is 0 Å². The van der Waals surface area contributed by atoms with E-state index in [2.05, 4.69) is 10.2 Å². The summed E-state index contributed by atoms with van der Waals surface area (Å²) in [5.41, 5.74) is 0.177. The van der Waals surface area contributed by atoms with Gasteiger partial charge in [-0.05, 0) is 43.0 Å². The fraction of sp³-hybridized carbons (Fsp3) is 0.476. The molecular formula is C21H21F3N4O2. The third-order valence-electron chi connectivity index (χ3n) is 6.25. The van der Waals surface area contributed by atoms with Gasteiger partial charge in [-0.2, -0.15) is 18.4 Å². The SMILES string of the molecule is N#CC1=CN(C(=O)CCCN2C[C@@H]3C[C@]3(c3ccc(C(F)(F)F)cc3)C2)CNC1=O. The molecule has 30 heavy (non-hydrogen) atoms. The number of carbonyl (C=O) groups is 2. The van der Waals surface area contributed by atoms with E-state index >= 15 is 0 Å². The van der Waals surface area contributed by atoms with E-state index in [0.29, 0.717) is 18.8 Å². The van der Waals surface area contributed by atoms with Gasteiger partial charge in [0.15, 0.2) is 0 Å². The second-order valence-corrected chi connectivity index (χ2v) is 8.15. The fourth-order valence-corrected chi connectivity index (χ4v) is 4.54. The third-order valence-corrected chi connectivity index (χ3v) is 6.25. The van der Waals surface area contributed by atoms with Crippen LogP contribution in [-0.4, -0.2) is 47.9 Å². The minimum atomic E-state index is -4.33. The smallest absolute Gasteiger partial charge is 0.333 e. The van der Waals surface area contributed by atoms with Crippen molar-refractivity contribution < 1.29 is 22.8 Å². The van der Waals surface area contributed by atoms with E-state index in [1.165, 1.54) is 11.1 Å². The Morgan fingerprint density at radius 1 is 1.30 bits per heavy atom. The second kappa shape index (κ2) is 7.43. The number of hydrogen-bond acceptors (Lipinski definition) is 4. The maximum Gasteiger partial charge on any atom is 0.416 e. The maximum atomic E-state index is 12.8. The van der Waals surface area contributed by atoms with Crippen molar-refractivity contribution in [2.24, 2.45) is 5.92 Å². The quantitative estimate of drug-likeness (QED) is 0.797. The Morgan fingerprint density at radius 3 is 2.70 bits per heavy atom. The summed E-state index contributed by atoms with van der Waals surface area (Å²) >= 11 is 0. The van der Waals surface area contributed by atoms with Crippen molar-refractivity contribution in [3.63, 3.8) is 0 Å². The van der Waals surface area contributed by atoms with Gasteiger partial charge in [0.05, 0.1) is 12.2 Å².